The predicted molar refractivity (Wildman–Crippen MR) is 133 cm³/mol. The minimum atomic E-state index is -4.46. The van der Waals surface area contributed by atoms with E-state index in [4.69, 9.17) is 5.73 Å². The number of alkyl halides is 3. The summed E-state index contributed by atoms with van der Waals surface area (Å²) in [5.41, 5.74) is 8.12. The molecule has 1 aromatic carbocycles. The Hall–Kier alpha value is -2.53. The molecule has 2 fully saturated rings. The summed E-state index contributed by atoms with van der Waals surface area (Å²) in [5, 5.41) is 8.96. The molecule has 6 rings (SSSR count). The Balaban J connectivity index is 0.00000152. The van der Waals surface area contributed by atoms with Gasteiger partial charge in [-0.2, -0.15) is 13.2 Å². The maximum atomic E-state index is 14.4. The summed E-state index contributed by atoms with van der Waals surface area (Å²) in [5.74, 6) is 0.321. The van der Waals surface area contributed by atoms with Gasteiger partial charge in [0.05, 0.1) is 5.52 Å². The number of rotatable bonds is 4. The number of hydrogen-bond acceptors (Lipinski definition) is 5. The fraction of sp³-hybridized carbons (Fsp3) is 0.375. The smallest absolute Gasteiger partial charge is 0.326 e. The van der Waals surface area contributed by atoms with Gasteiger partial charge in [-0.05, 0) is 60.6 Å². The number of hydrogen-bond donors (Lipinski definition) is 1. The van der Waals surface area contributed by atoms with Crippen LogP contribution in [0.5, 0.6) is 0 Å². The van der Waals surface area contributed by atoms with Gasteiger partial charge in [0.15, 0.2) is 11.5 Å². The van der Waals surface area contributed by atoms with Crippen LogP contribution in [-0.4, -0.2) is 49.8 Å². The number of fused-ring (bicyclic) bond motifs is 2. The molecule has 192 valence electrons. The molecule has 1 saturated carbocycles. The molecule has 1 aliphatic carbocycles. The van der Waals surface area contributed by atoms with Crippen molar-refractivity contribution in [1.82, 2.24) is 24.5 Å². The third kappa shape index (κ3) is 4.74. The molecule has 4 aromatic rings. The monoisotopic (exact) mass is 542 g/mol. The molecule has 6 nitrogen and oxygen atoms in total. The number of pyridine rings is 2. The molecular weight excluding hydrogens is 519 g/mol. The molecule has 4 heterocycles. The van der Waals surface area contributed by atoms with Crippen LogP contribution in [0.15, 0.2) is 42.6 Å². The summed E-state index contributed by atoms with van der Waals surface area (Å²) in [6, 6.07) is 7.59. The Labute approximate surface area is 216 Å². The second-order valence-corrected chi connectivity index (χ2v) is 9.24. The first-order valence-electron chi connectivity index (χ1n) is 11.3. The SMILES string of the molecule is Cl.Cl.N[C@H]1CCN([C@H](c2ccc3nnc(-c4ccc5cc(F)c(C6CC6)cc5n4)n3c2)C(F)(F)F)C1. The largest absolute Gasteiger partial charge is 0.408 e. The Morgan fingerprint density at radius 2 is 1.78 bits per heavy atom. The molecule has 12 heteroatoms. The van der Waals surface area contributed by atoms with Crippen LogP contribution < -0.4 is 5.73 Å². The molecule has 0 bridgehead atoms. The molecule has 1 aliphatic heterocycles. The highest BCUT2D eigenvalue weighted by Crippen LogP contribution is 2.42. The highest BCUT2D eigenvalue weighted by molar-refractivity contribution is 5.85. The normalized spacial score (nSPS) is 19.3. The minimum absolute atomic E-state index is 0. The zero-order valence-electron chi connectivity index (χ0n) is 19.0. The molecule has 2 aliphatic rings. The first-order valence-corrected chi connectivity index (χ1v) is 11.3. The van der Waals surface area contributed by atoms with Gasteiger partial charge in [0.25, 0.3) is 0 Å². The lowest BCUT2D eigenvalue weighted by Gasteiger charge is -2.30. The summed E-state index contributed by atoms with van der Waals surface area (Å²) in [4.78, 5) is 6.02. The number of nitrogens with two attached hydrogens (primary N) is 1. The minimum Gasteiger partial charge on any atom is -0.326 e. The Morgan fingerprint density at radius 1 is 1.00 bits per heavy atom. The summed E-state index contributed by atoms with van der Waals surface area (Å²) in [6.45, 7) is 0.466. The van der Waals surface area contributed by atoms with Crippen LogP contribution >= 0.6 is 24.8 Å². The molecule has 1 saturated heterocycles. The van der Waals surface area contributed by atoms with Crippen LogP contribution in [0.1, 0.15) is 42.3 Å². The zero-order valence-corrected chi connectivity index (χ0v) is 20.6. The van der Waals surface area contributed by atoms with Crippen LogP contribution in [0.4, 0.5) is 17.6 Å². The van der Waals surface area contributed by atoms with E-state index in [1.54, 1.807) is 18.2 Å². The molecular formula is C24H24Cl2F4N6. The number of nitrogens with zero attached hydrogens (tertiary/aromatic N) is 5. The van der Waals surface area contributed by atoms with Gasteiger partial charge in [0.1, 0.15) is 17.6 Å². The average molecular weight is 543 g/mol. The molecule has 36 heavy (non-hydrogen) atoms. The maximum absolute atomic E-state index is 14.4. The van der Waals surface area contributed by atoms with Crippen LogP contribution in [0.2, 0.25) is 0 Å². The van der Waals surface area contributed by atoms with E-state index in [2.05, 4.69) is 15.2 Å². The van der Waals surface area contributed by atoms with Crippen LogP contribution in [0.3, 0.4) is 0 Å². The van der Waals surface area contributed by atoms with Crippen molar-refractivity contribution in [3.8, 4) is 11.5 Å². The first kappa shape index (κ1) is 26.5. The lowest BCUT2D eigenvalue weighted by molar-refractivity contribution is -0.183. The molecule has 3 aromatic heterocycles. The van der Waals surface area contributed by atoms with E-state index in [0.29, 0.717) is 40.1 Å². The zero-order chi connectivity index (χ0) is 23.6. The summed E-state index contributed by atoms with van der Waals surface area (Å²) >= 11 is 0. The van der Waals surface area contributed by atoms with Crippen molar-refractivity contribution in [1.29, 1.82) is 0 Å². The van der Waals surface area contributed by atoms with E-state index < -0.39 is 12.2 Å². The van der Waals surface area contributed by atoms with Crippen molar-refractivity contribution in [2.24, 2.45) is 5.73 Å². The van der Waals surface area contributed by atoms with Crippen molar-refractivity contribution in [2.75, 3.05) is 13.1 Å². The fourth-order valence-corrected chi connectivity index (χ4v) is 4.89. The fourth-order valence-electron chi connectivity index (χ4n) is 4.89. The third-order valence-electron chi connectivity index (χ3n) is 6.73. The van der Waals surface area contributed by atoms with E-state index >= 15 is 0 Å². The molecule has 0 radical (unpaired) electrons. The molecule has 2 atom stereocenters. The van der Waals surface area contributed by atoms with E-state index in [0.717, 1.165) is 12.8 Å². The Bertz CT molecular complexity index is 1400. The van der Waals surface area contributed by atoms with Crippen molar-refractivity contribution in [2.45, 2.75) is 43.4 Å². The number of likely N-dealkylation sites (tertiary alicyclic amines) is 1. The summed E-state index contributed by atoms with van der Waals surface area (Å²) < 4.78 is 58.2. The van der Waals surface area contributed by atoms with Crippen molar-refractivity contribution in [3.63, 3.8) is 0 Å². The van der Waals surface area contributed by atoms with Gasteiger partial charge in [-0.25, -0.2) is 9.37 Å². The summed E-state index contributed by atoms with van der Waals surface area (Å²) in [7, 11) is 0. The lowest BCUT2D eigenvalue weighted by Crippen LogP contribution is -2.38. The highest BCUT2D eigenvalue weighted by Gasteiger charge is 2.46. The first-order chi connectivity index (χ1) is 16.3. The highest BCUT2D eigenvalue weighted by atomic mass is 35.5. The van der Waals surface area contributed by atoms with Crippen molar-refractivity contribution >= 4 is 41.4 Å². The van der Waals surface area contributed by atoms with Gasteiger partial charge in [0, 0.05) is 30.7 Å². The van der Waals surface area contributed by atoms with Crippen LogP contribution in [-0.2, 0) is 0 Å². The average Bonchev–Trinajstić information content (AvgIpc) is 3.41. The Kier molecular flexibility index (Phi) is 7.18. The molecule has 0 unspecified atom stereocenters. The number of benzene rings is 1. The van der Waals surface area contributed by atoms with E-state index in [1.165, 1.54) is 33.7 Å². The van der Waals surface area contributed by atoms with E-state index in [-0.39, 0.29) is 61.2 Å². The second kappa shape index (κ2) is 9.74. The van der Waals surface area contributed by atoms with Crippen molar-refractivity contribution in [3.05, 3.63) is 59.5 Å². The topological polar surface area (TPSA) is 72.3 Å². The van der Waals surface area contributed by atoms with Gasteiger partial charge in [0.2, 0.25) is 0 Å². The standard InChI is InChI=1S/C24H22F4N6.2ClH/c25-18-9-14-3-5-19(30-20(14)10-17(18)13-1-2-13)23-32-31-21-6-4-15(11-34(21)23)22(24(26,27)28)33-8-7-16(29)12-33;;/h3-6,9-11,13,16,22H,1-2,7-8,12,29H2;2*1H/t16-,22+;;/m0../s1. The second-order valence-electron chi connectivity index (χ2n) is 9.24. The number of aromatic nitrogens is 4. The van der Waals surface area contributed by atoms with Crippen molar-refractivity contribution < 1.29 is 17.6 Å². The quantitative estimate of drug-likeness (QED) is 0.347. The molecule has 2 N–H and O–H groups in total. The van der Waals surface area contributed by atoms with Crippen LogP contribution in [0.25, 0.3) is 28.1 Å². The molecule has 0 amide bonds. The number of halogens is 6. The Morgan fingerprint density at radius 3 is 2.44 bits per heavy atom. The third-order valence-corrected chi connectivity index (χ3v) is 6.73. The van der Waals surface area contributed by atoms with Gasteiger partial charge in [-0.15, -0.1) is 35.0 Å². The van der Waals surface area contributed by atoms with E-state index in [9.17, 15) is 17.6 Å². The van der Waals surface area contributed by atoms with Gasteiger partial charge in [-0.3, -0.25) is 9.30 Å². The van der Waals surface area contributed by atoms with E-state index in [1.807, 2.05) is 0 Å². The predicted octanol–water partition coefficient (Wildman–Crippen LogP) is 5.44. The van der Waals surface area contributed by atoms with Gasteiger partial charge >= 0.3 is 6.18 Å². The van der Waals surface area contributed by atoms with Crippen LogP contribution in [0, 0.1) is 5.82 Å². The maximum Gasteiger partial charge on any atom is 0.408 e. The van der Waals surface area contributed by atoms with Gasteiger partial charge < -0.3 is 5.73 Å². The lowest BCUT2D eigenvalue weighted by atomic mass is 10.1. The van der Waals surface area contributed by atoms with Gasteiger partial charge in [-0.1, -0.05) is 12.1 Å². The summed E-state index contributed by atoms with van der Waals surface area (Å²) in [6.07, 6.45) is -0.587. The molecule has 0 spiro atoms.